The Bertz CT molecular complexity index is 1330. The molecule has 0 saturated heterocycles. The largest absolute Gasteiger partial charge is 0.462 e. The molecule has 0 bridgehead atoms. The molecule has 0 aromatic rings. The summed E-state index contributed by atoms with van der Waals surface area (Å²) >= 11 is 0. The molecule has 0 heterocycles. The molecule has 69 heavy (non-hydrogen) atoms. The lowest BCUT2D eigenvalue weighted by molar-refractivity contribution is -0.167. The molecule has 396 valence electrons. The summed E-state index contributed by atoms with van der Waals surface area (Å²) in [6, 6.07) is 0. The fourth-order valence-corrected chi connectivity index (χ4v) is 7.99. The number of hydrogen-bond acceptors (Lipinski definition) is 6. The van der Waals surface area contributed by atoms with Crippen LogP contribution >= 0.6 is 0 Å². The zero-order valence-electron chi connectivity index (χ0n) is 45.3. The molecule has 0 N–H and O–H groups in total. The summed E-state index contributed by atoms with van der Waals surface area (Å²) in [6.07, 6.45) is 74.2. The second kappa shape index (κ2) is 57.2. The van der Waals surface area contributed by atoms with Gasteiger partial charge in [-0.05, 0) is 116 Å². The summed E-state index contributed by atoms with van der Waals surface area (Å²) in [5.41, 5.74) is 0. The van der Waals surface area contributed by atoms with Crippen molar-refractivity contribution >= 4 is 17.9 Å². The standard InChI is InChI=1S/C63H108O6/c1-4-7-10-13-16-19-22-25-28-30-31-33-35-38-41-44-47-50-53-56-62(65)68-59-60(58-67-61(64)55-52-49-46-43-40-37-34-27-24-21-18-15-12-9-6-3)69-63(66)57-54-51-48-45-42-39-36-32-29-26-23-20-17-14-11-8-5-2/h7,10,16,19,21,24-26,28-29,31,33,38,41,60H,4-6,8-9,11-15,17-18,20,22-23,27,30,32,34-37,39-40,42-59H2,1-3H3/b10-7-,19-16-,24-21-,28-25-,29-26-,33-31-,41-38-/t60-/m0/s1. The molecule has 0 rings (SSSR count). The first kappa shape index (κ1) is 65.6. The molecule has 1 atom stereocenters. The van der Waals surface area contributed by atoms with Crippen LogP contribution in [-0.2, 0) is 28.6 Å². The molecular formula is C63H108O6. The van der Waals surface area contributed by atoms with E-state index >= 15 is 0 Å². The van der Waals surface area contributed by atoms with Crippen LogP contribution in [0.15, 0.2) is 85.1 Å². The third-order valence-electron chi connectivity index (χ3n) is 12.4. The predicted molar refractivity (Wildman–Crippen MR) is 297 cm³/mol. The summed E-state index contributed by atoms with van der Waals surface area (Å²) < 4.78 is 16.9. The fraction of sp³-hybridized carbons (Fsp3) is 0.730. The Hall–Kier alpha value is -3.41. The van der Waals surface area contributed by atoms with E-state index in [2.05, 4.69) is 106 Å². The van der Waals surface area contributed by atoms with Crippen molar-refractivity contribution in [2.75, 3.05) is 13.2 Å². The Labute approximate surface area is 426 Å². The number of ether oxygens (including phenoxy) is 3. The summed E-state index contributed by atoms with van der Waals surface area (Å²) in [6.45, 7) is 6.49. The van der Waals surface area contributed by atoms with Crippen molar-refractivity contribution in [1.29, 1.82) is 0 Å². The average molecular weight is 962 g/mol. The minimum atomic E-state index is -0.795. The molecule has 0 saturated carbocycles. The molecule has 0 aliphatic carbocycles. The Morgan fingerprint density at radius 2 is 0.565 bits per heavy atom. The Morgan fingerprint density at radius 1 is 0.304 bits per heavy atom. The van der Waals surface area contributed by atoms with E-state index in [1.807, 2.05) is 0 Å². The maximum Gasteiger partial charge on any atom is 0.306 e. The molecule has 0 unspecified atom stereocenters. The number of carbonyl (C=O) groups is 3. The second-order valence-electron chi connectivity index (χ2n) is 19.2. The summed E-state index contributed by atoms with van der Waals surface area (Å²) in [7, 11) is 0. The first-order valence-electron chi connectivity index (χ1n) is 29.1. The molecule has 6 heteroatoms. The van der Waals surface area contributed by atoms with Gasteiger partial charge in [0.25, 0.3) is 0 Å². The van der Waals surface area contributed by atoms with Gasteiger partial charge in [-0.1, -0.05) is 228 Å². The lowest BCUT2D eigenvalue weighted by Gasteiger charge is -2.18. The zero-order valence-corrected chi connectivity index (χ0v) is 45.3. The quantitative estimate of drug-likeness (QED) is 0.0262. The number of carbonyl (C=O) groups excluding carboxylic acids is 3. The number of rotatable bonds is 52. The number of hydrogen-bond donors (Lipinski definition) is 0. The first-order valence-corrected chi connectivity index (χ1v) is 29.1. The van der Waals surface area contributed by atoms with Crippen molar-refractivity contribution in [3.63, 3.8) is 0 Å². The lowest BCUT2D eigenvalue weighted by atomic mass is 10.1. The summed E-state index contributed by atoms with van der Waals surface area (Å²) in [5.74, 6) is -0.926. The molecule has 0 fully saturated rings. The molecule has 0 radical (unpaired) electrons. The van der Waals surface area contributed by atoms with Gasteiger partial charge in [-0.25, -0.2) is 0 Å². The van der Waals surface area contributed by atoms with Crippen molar-refractivity contribution in [2.45, 2.75) is 284 Å². The minimum Gasteiger partial charge on any atom is -0.462 e. The van der Waals surface area contributed by atoms with Gasteiger partial charge in [-0.3, -0.25) is 14.4 Å². The van der Waals surface area contributed by atoms with E-state index in [1.54, 1.807) is 0 Å². The molecule has 0 aromatic heterocycles. The number of unbranched alkanes of at least 4 members (excludes halogenated alkanes) is 27. The van der Waals surface area contributed by atoms with Crippen LogP contribution in [-0.4, -0.2) is 37.2 Å². The molecule has 0 aromatic carbocycles. The fourth-order valence-electron chi connectivity index (χ4n) is 7.99. The third-order valence-corrected chi connectivity index (χ3v) is 12.4. The van der Waals surface area contributed by atoms with Gasteiger partial charge in [-0.2, -0.15) is 0 Å². The van der Waals surface area contributed by atoms with Gasteiger partial charge in [0.05, 0.1) is 0 Å². The average Bonchev–Trinajstić information content (AvgIpc) is 3.35. The zero-order chi connectivity index (χ0) is 50.0. The van der Waals surface area contributed by atoms with Crippen LogP contribution in [0.3, 0.4) is 0 Å². The van der Waals surface area contributed by atoms with E-state index in [1.165, 1.54) is 141 Å². The topological polar surface area (TPSA) is 78.9 Å². The van der Waals surface area contributed by atoms with Crippen LogP contribution in [0.25, 0.3) is 0 Å². The van der Waals surface area contributed by atoms with Gasteiger partial charge in [0.15, 0.2) is 6.10 Å². The molecule has 6 nitrogen and oxygen atoms in total. The van der Waals surface area contributed by atoms with Gasteiger partial charge in [0, 0.05) is 19.3 Å². The summed E-state index contributed by atoms with van der Waals surface area (Å²) in [5, 5.41) is 0. The van der Waals surface area contributed by atoms with Gasteiger partial charge >= 0.3 is 17.9 Å². The highest BCUT2D eigenvalue weighted by atomic mass is 16.6. The van der Waals surface area contributed by atoms with Crippen molar-refractivity contribution < 1.29 is 28.6 Å². The van der Waals surface area contributed by atoms with E-state index < -0.39 is 6.10 Å². The second-order valence-corrected chi connectivity index (χ2v) is 19.2. The monoisotopic (exact) mass is 961 g/mol. The van der Waals surface area contributed by atoms with Crippen molar-refractivity contribution in [1.82, 2.24) is 0 Å². The van der Waals surface area contributed by atoms with E-state index in [-0.39, 0.29) is 31.1 Å². The Balaban J connectivity index is 4.45. The van der Waals surface area contributed by atoms with Crippen LogP contribution < -0.4 is 0 Å². The maximum atomic E-state index is 12.9. The minimum absolute atomic E-state index is 0.0908. The Morgan fingerprint density at radius 3 is 0.928 bits per heavy atom. The molecule has 0 spiro atoms. The van der Waals surface area contributed by atoms with E-state index in [9.17, 15) is 14.4 Å². The van der Waals surface area contributed by atoms with Gasteiger partial charge in [-0.15, -0.1) is 0 Å². The SMILES string of the molecule is CC/C=C\C/C=C\C/C=C\C/C=C\C/C=C\CCCCCC(=O)OC[C@H](COC(=O)CCCCCCCCC/C=C\CCCCCC)OC(=O)CCCCCCCCC/C=C\CCCCCCCC. The van der Waals surface area contributed by atoms with Gasteiger partial charge < -0.3 is 14.2 Å². The summed E-state index contributed by atoms with van der Waals surface area (Å²) in [4.78, 5) is 38.2. The van der Waals surface area contributed by atoms with Crippen LogP contribution in [0.5, 0.6) is 0 Å². The highest BCUT2D eigenvalue weighted by Crippen LogP contribution is 2.15. The highest BCUT2D eigenvalue weighted by molar-refractivity contribution is 5.71. The first-order chi connectivity index (χ1) is 34.0. The van der Waals surface area contributed by atoms with E-state index in [0.717, 1.165) is 96.3 Å². The van der Waals surface area contributed by atoms with Crippen LogP contribution in [0.4, 0.5) is 0 Å². The van der Waals surface area contributed by atoms with Crippen molar-refractivity contribution in [2.24, 2.45) is 0 Å². The van der Waals surface area contributed by atoms with E-state index in [0.29, 0.717) is 19.3 Å². The molecule has 0 aliphatic rings. The van der Waals surface area contributed by atoms with Crippen LogP contribution in [0.1, 0.15) is 278 Å². The van der Waals surface area contributed by atoms with Crippen molar-refractivity contribution in [3.05, 3.63) is 85.1 Å². The lowest BCUT2D eigenvalue weighted by Crippen LogP contribution is -2.30. The maximum absolute atomic E-state index is 12.9. The number of esters is 3. The highest BCUT2D eigenvalue weighted by Gasteiger charge is 2.19. The smallest absolute Gasteiger partial charge is 0.306 e. The number of allylic oxidation sites excluding steroid dienone is 14. The van der Waals surface area contributed by atoms with Gasteiger partial charge in [0.2, 0.25) is 0 Å². The van der Waals surface area contributed by atoms with Gasteiger partial charge in [0.1, 0.15) is 13.2 Å². The van der Waals surface area contributed by atoms with Crippen LogP contribution in [0, 0.1) is 0 Å². The normalized spacial score (nSPS) is 12.7. The third kappa shape index (κ3) is 55.4. The van der Waals surface area contributed by atoms with Crippen LogP contribution in [0.2, 0.25) is 0 Å². The predicted octanol–water partition coefficient (Wildman–Crippen LogP) is 19.5. The molecule has 0 aliphatic heterocycles. The molecular weight excluding hydrogens is 853 g/mol. The van der Waals surface area contributed by atoms with E-state index in [4.69, 9.17) is 14.2 Å². The molecule has 0 amide bonds. The van der Waals surface area contributed by atoms with Crippen molar-refractivity contribution in [3.8, 4) is 0 Å². The Kier molecular flexibility index (Phi) is 54.3.